The molecule has 0 aliphatic carbocycles. The van der Waals surface area contributed by atoms with Gasteiger partial charge in [0.25, 0.3) is 0 Å². The van der Waals surface area contributed by atoms with Crippen molar-refractivity contribution in [2.24, 2.45) is 0 Å². The van der Waals surface area contributed by atoms with Crippen LogP contribution in [0, 0.1) is 18.6 Å². The molecule has 1 aliphatic heterocycles. The quantitative estimate of drug-likeness (QED) is 0.0994. The van der Waals surface area contributed by atoms with Gasteiger partial charge < -0.3 is 34.8 Å². The number of aliphatic hydroxyl groups is 2. The average Bonchev–Trinajstić information content (AvgIpc) is 3.24. The molecule has 1 fully saturated rings. The number of likely N-dealkylation sites (tertiary alicyclic amines) is 1. The third kappa shape index (κ3) is 11.7. The number of nitrogens with zero attached hydrogens (tertiary/aromatic N) is 4. The number of aliphatic carboxylic acids is 2. The van der Waals surface area contributed by atoms with Crippen LogP contribution in [0.5, 0.6) is 0 Å². The van der Waals surface area contributed by atoms with Crippen molar-refractivity contribution in [1.29, 1.82) is 0 Å². The van der Waals surface area contributed by atoms with Gasteiger partial charge in [-0.25, -0.2) is 23.4 Å². The highest BCUT2D eigenvalue weighted by atomic mass is 19.4. The molecule has 0 unspecified atom stereocenters. The van der Waals surface area contributed by atoms with E-state index in [9.17, 15) is 41.1 Å². The number of halogens is 5. The molecule has 0 radical (unpaired) electrons. The van der Waals surface area contributed by atoms with Crippen molar-refractivity contribution >= 4 is 28.9 Å². The van der Waals surface area contributed by atoms with E-state index >= 15 is 0 Å². The molecule has 3 heterocycles. The summed E-state index contributed by atoms with van der Waals surface area (Å²) in [5, 5.41) is 32.9. The second kappa shape index (κ2) is 20.2. The Labute approximate surface area is 353 Å². The molecule has 0 spiro atoms. The van der Waals surface area contributed by atoms with Gasteiger partial charge in [-0.1, -0.05) is 48.5 Å². The Kier molecular flexibility index (Phi) is 15.3. The average molecular weight is 867 g/mol. The molecule has 0 saturated carbocycles. The summed E-state index contributed by atoms with van der Waals surface area (Å²) in [6.45, 7) is 7.92. The molecule has 4 N–H and O–H groups in total. The standard InChI is InChI=1S/C41H41F5N4O2.C4H6O6/c1-26(2)48-21-19-33(20-22-48)49(24-28-8-10-29(11-9-28)30-12-15-32(16-13-30)41(44,45)46)38(52)25-50-34(17-14-31-5-4-6-36(42)39(31)43)23-37(51)35-18-7-27(3)47-40(35)50;5-1(3(7)8)2(6)4(9)10/h4-13,15-16,18,23,26,33H,14,17,19-22,24-25H2,1-3H3;1-2,5-6H,(H,7,8)(H,9,10)/t;1-,2-/m.1/s1. The van der Waals surface area contributed by atoms with E-state index in [4.69, 9.17) is 20.4 Å². The fraction of sp³-hybridized carbons (Fsp3) is 0.356. The number of carboxylic acids is 2. The first-order valence-electron chi connectivity index (χ1n) is 19.8. The van der Waals surface area contributed by atoms with Crippen LogP contribution in [0.25, 0.3) is 22.2 Å². The number of amides is 1. The van der Waals surface area contributed by atoms with Crippen molar-refractivity contribution < 1.29 is 56.8 Å². The fourth-order valence-corrected chi connectivity index (χ4v) is 7.25. The summed E-state index contributed by atoms with van der Waals surface area (Å²) in [6.07, 6.45) is -7.14. The number of hydrogen-bond donors (Lipinski definition) is 4. The van der Waals surface area contributed by atoms with Gasteiger partial charge in [-0.15, -0.1) is 0 Å². The highest BCUT2D eigenvalue weighted by Crippen LogP contribution is 2.31. The lowest BCUT2D eigenvalue weighted by Crippen LogP contribution is -2.49. The summed E-state index contributed by atoms with van der Waals surface area (Å²) in [7, 11) is 0. The summed E-state index contributed by atoms with van der Waals surface area (Å²) in [5.74, 6) is -5.61. The molecule has 0 bridgehead atoms. The first-order valence-corrected chi connectivity index (χ1v) is 19.8. The maximum Gasteiger partial charge on any atom is 0.416 e. The minimum Gasteiger partial charge on any atom is -0.479 e. The van der Waals surface area contributed by atoms with E-state index in [1.165, 1.54) is 30.3 Å². The van der Waals surface area contributed by atoms with E-state index in [-0.39, 0.29) is 42.3 Å². The van der Waals surface area contributed by atoms with E-state index in [2.05, 4.69) is 23.7 Å². The molecule has 6 rings (SSSR count). The smallest absolute Gasteiger partial charge is 0.416 e. The third-order valence-corrected chi connectivity index (χ3v) is 10.8. The monoisotopic (exact) mass is 866 g/mol. The number of hydrogen-bond acceptors (Lipinski definition) is 8. The van der Waals surface area contributed by atoms with Crippen molar-refractivity contribution in [3.8, 4) is 11.1 Å². The number of fused-ring (bicyclic) bond motifs is 1. The largest absolute Gasteiger partial charge is 0.479 e. The zero-order valence-electron chi connectivity index (χ0n) is 34.1. The molecule has 2 atom stereocenters. The van der Waals surface area contributed by atoms with Gasteiger partial charge in [0.2, 0.25) is 5.91 Å². The van der Waals surface area contributed by atoms with E-state index in [0.29, 0.717) is 40.6 Å². The first kappa shape index (κ1) is 47.0. The van der Waals surface area contributed by atoms with Crippen LogP contribution in [-0.4, -0.2) is 95.0 Å². The summed E-state index contributed by atoms with van der Waals surface area (Å²) < 4.78 is 69.7. The summed E-state index contributed by atoms with van der Waals surface area (Å²) in [4.78, 5) is 56.3. The summed E-state index contributed by atoms with van der Waals surface area (Å²) in [6, 6.07) is 21.6. The summed E-state index contributed by atoms with van der Waals surface area (Å²) in [5.41, 5.74) is 2.94. The van der Waals surface area contributed by atoms with E-state index in [0.717, 1.165) is 55.3 Å². The predicted molar refractivity (Wildman–Crippen MR) is 219 cm³/mol. The minimum absolute atomic E-state index is 0.0673. The van der Waals surface area contributed by atoms with Crippen LogP contribution in [0.1, 0.15) is 54.8 Å². The number of alkyl halides is 3. The minimum atomic E-state index is -4.42. The van der Waals surface area contributed by atoms with Gasteiger partial charge in [0.15, 0.2) is 29.3 Å². The topological polar surface area (TPSA) is 174 Å². The highest BCUT2D eigenvalue weighted by molar-refractivity contribution is 5.83. The number of carbonyl (C=O) groups is 3. The number of aromatic nitrogens is 2. The Balaban J connectivity index is 0.000000646. The van der Waals surface area contributed by atoms with E-state index in [1.807, 2.05) is 29.2 Å². The Bertz CT molecular complexity index is 2420. The summed E-state index contributed by atoms with van der Waals surface area (Å²) >= 11 is 0. The van der Waals surface area contributed by atoms with Crippen molar-refractivity contribution in [2.45, 2.75) is 90.0 Å². The first-order chi connectivity index (χ1) is 29.2. The molecule has 62 heavy (non-hydrogen) atoms. The SMILES string of the molecule is Cc1ccc2c(=O)cc(CCc3cccc(F)c3F)n(CC(=O)N(Cc3ccc(-c4ccc(C(F)(F)F)cc4)cc3)C3CCN(C(C)C)CC3)c2n1.O=C(O)[C@H](O)[C@@H](O)C(=O)O. The molecule has 1 saturated heterocycles. The number of pyridine rings is 2. The van der Waals surface area contributed by atoms with Gasteiger partial charge in [-0.2, -0.15) is 13.2 Å². The second-order valence-corrected chi connectivity index (χ2v) is 15.3. The van der Waals surface area contributed by atoms with Gasteiger partial charge in [0.1, 0.15) is 12.2 Å². The Hall–Kier alpha value is -6.04. The number of aliphatic hydroxyl groups excluding tert-OH is 2. The lowest BCUT2D eigenvalue weighted by atomic mass is 9.99. The van der Waals surface area contributed by atoms with Crippen molar-refractivity contribution in [2.75, 3.05) is 13.1 Å². The zero-order chi connectivity index (χ0) is 45.5. The van der Waals surface area contributed by atoms with Crippen molar-refractivity contribution in [3.63, 3.8) is 0 Å². The molecule has 330 valence electrons. The van der Waals surface area contributed by atoms with Gasteiger partial charge in [-0.3, -0.25) is 9.59 Å². The van der Waals surface area contributed by atoms with E-state index < -0.39 is 47.5 Å². The number of rotatable bonds is 13. The number of carbonyl (C=O) groups excluding carboxylic acids is 1. The lowest BCUT2D eigenvalue weighted by molar-refractivity contribution is -0.165. The predicted octanol–water partition coefficient (Wildman–Crippen LogP) is 6.23. The maximum atomic E-state index is 14.6. The molecule has 3 aromatic carbocycles. The molecule has 1 amide bonds. The van der Waals surface area contributed by atoms with Crippen LogP contribution in [0.2, 0.25) is 0 Å². The van der Waals surface area contributed by atoms with Gasteiger partial charge in [0.05, 0.1) is 10.9 Å². The third-order valence-electron chi connectivity index (χ3n) is 10.8. The second-order valence-electron chi connectivity index (χ2n) is 15.3. The number of aryl methyl sites for hydroxylation is 3. The van der Waals surface area contributed by atoms with Gasteiger partial charge in [-0.05, 0) is 99.0 Å². The van der Waals surface area contributed by atoms with Crippen LogP contribution >= 0.6 is 0 Å². The van der Waals surface area contributed by atoms with Gasteiger partial charge in [0, 0.05) is 49.2 Å². The van der Waals surface area contributed by atoms with Crippen molar-refractivity contribution in [1.82, 2.24) is 19.4 Å². The van der Waals surface area contributed by atoms with Crippen LogP contribution in [0.3, 0.4) is 0 Å². The number of benzene rings is 3. The highest BCUT2D eigenvalue weighted by Gasteiger charge is 2.32. The molecule has 1 aliphatic rings. The molecular formula is C45H47F5N4O8. The van der Waals surface area contributed by atoms with Crippen LogP contribution in [0.15, 0.2) is 89.7 Å². The Morgan fingerprint density at radius 3 is 1.97 bits per heavy atom. The fourth-order valence-electron chi connectivity index (χ4n) is 7.25. The van der Waals surface area contributed by atoms with Crippen LogP contribution in [0.4, 0.5) is 22.0 Å². The van der Waals surface area contributed by atoms with Crippen LogP contribution in [-0.2, 0) is 46.5 Å². The van der Waals surface area contributed by atoms with Gasteiger partial charge >= 0.3 is 18.1 Å². The molecular weight excluding hydrogens is 820 g/mol. The molecule has 17 heteroatoms. The molecule has 2 aromatic heterocycles. The van der Waals surface area contributed by atoms with Crippen LogP contribution < -0.4 is 5.43 Å². The van der Waals surface area contributed by atoms with E-state index in [1.54, 1.807) is 23.6 Å². The zero-order valence-corrected chi connectivity index (χ0v) is 34.1. The maximum absolute atomic E-state index is 14.6. The lowest BCUT2D eigenvalue weighted by Gasteiger charge is -2.40. The molecule has 12 nitrogen and oxygen atoms in total. The molecule has 5 aromatic rings. The normalized spacial score (nSPS) is 14.6. The Morgan fingerprint density at radius 2 is 1.42 bits per heavy atom. The Morgan fingerprint density at radius 1 is 0.839 bits per heavy atom. The number of piperidine rings is 1. The number of carboxylic acid groups (broad SMARTS) is 2. The van der Waals surface area contributed by atoms with Crippen molar-refractivity contribution in [3.05, 3.63) is 135 Å².